The summed E-state index contributed by atoms with van der Waals surface area (Å²) in [6, 6.07) is 8.44. The van der Waals surface area contributed by atoms with Gasteiger partial charge in [0.25, 0.3) is 0 Å². The van der Waals surface area contributed by atoms with Crippen LogP contribution in [0.3, 0.4) is 0 Å². The first kappa shape index (κ1) is 16.5. The summed E-state index contributed by atoms with van der Waals surface area (Å²) in [6.07, 6.45) is 2.05. The average Bonchev–Trinajstić information content (AvgIpc) is 2.80. The smallest absolute Gasteiger partial charge is 0.0465 e. The molecular weight excluding hydrogens is 422 g/mol. The van der Waals surface area contributed by atoms with Gasteiger partial charge in [0.2, 0.25) is 0 Å². The summed E-state index contributed by atoms with van der Waals surface area (Å²) in [5.74, 6) is 0. The normalized spacial score (nSPS) is 12.6. The van der Waals surface area contributed by atoms with Crippen molar-refractivity contribution in [2.75, 3.05) is 6.54 Å². The monoisotopic (exact) mass is 435 g/mol. The summed E-state index contributed by atoms with van der Waals surface area (Å²) in [6.45, 7) is 3.16. The lowest BCUT2D eigenvalue weighted by atomic mass is 10.0. The minimum atomic E-state index is 0.241. The lowest BCUT2D eigenvalue weighted by Gasteiger charge is -2.20. The van der Waals surface area contributed by atoms with Gasteiger partial charge in [-0.05, 0) is 58.0 Å². The molecule has 1 unspecified atom stereocenters. The highest BCUT2D eigenvalue weighted by atomic mass is 79.9. The van der Waals surface area contributed by atoms with Crippen molar-refractivity contribution in [3.8, 4) is 0 Å². The minimum Gasteiger partial charge on any atom is -0.310 e. The number of nitrogens with one attached hydrogen (secondary N) is 1. The molecule has 0 amide bonds. The molecule has 1 nitrogen and oxygen atoms in total. The van der Waals surface area contributed by atoms with Gasteiger partial charge in [-0.1, -0.05) is 40.5 Å². The first-order chi connectivity index (χ1) is 9.61. The molecule has 0 aliphatic carbocycles. The van der Waals surface area contributed by atoms with Gasteiger partial charge in [-0.2, -0.15) is 0 Å². The van der Waals surface area contributed by atoms with Gasteiger partial charge in [0.05, 0.1) is 0 Å². The highest BCUT2D eigenvalue weighted by Gasteiger charge is 2.17. The van der Waals surface area contributed by atoms with Crippen molar-refractivity contribution in [1.82, 2.24) is 5.32 Å². The molecule has 1 N–H and O–H groups in total. The van der Waals surface area contributed by atoms with Crippen LogP contribution in [0.2, 0.25) is 5.02 Å². The van der Waals surface area contributed by atoms with Gasteiger partial charge in [-0.3, -0.25) is 0 Å². The van der Waals surface area contributed by atoms with Crippen molar-refractivity contribution in [3.63, 3.8) is 0 Å². The highest BCUT2D eigenvalue weighted by molar-refractivity contribution is 9.10. The highest BCUT2D eigenvalue weighted by Crippen LogP contribution is 2.32. The SMILES string of the molecule is CCCNC(Cc1sccc1Br)c1ccc(Br)cc1Cl. The number of halogens is 3. The molecule has 108 valence electrons. The molecule has 0 saturated heterocycles. The predicted octanol–water partition coefficient (Wildman–Crippen LogP) is 6.21. The Morgan fingerprint density at radius 1 is 1.30 bits per heavy atom. The van der Waals surface area contributed by atoms with Gasteiger partial charge in [0, 0.05) is 31.3 Å². The number of hydrogen-bond acceptors (Lipinski definition) is 2. The minimum absolute atomic E-state index is 0.241. The maximum absolute atomic E-state index is 6.40. The van der Waals surface area contributed by atoms with Crippen LogP contribution in [-0.2, 0) is 6.42 Å². The van der Waals surface area contributed by atoms with E-state index in [9.17, 15) is 0 Å². The molecule has 1 aromatic carbocycles. The third-order valence-corrected chi connectivity index (χ3v) is 5.83. The molecule has 1 atom stereocenters. The third-order valence-electron chi connectivity index (χ3n) is 3.06. The van der Waals surface area contributed by atoms with E-state index in [-0.39, 0.29) is 6.04 Å². The Bertz CT molecular complexity index is 571. The number of thiophene rings is 1. The Hall–Kier alpha value is 0.130. The van der Waals surface area contributed by atoms with E-state index in [0.29, 0.717) is 0 Å². The quantitative estimate of drug-likeness (QED) is 0.566. The van der Waals surface area contributed by atoms with Crippen molar-refractivity contribution in [2.24, 2.45) is 0 Å². The van der Waals surface area contributed by atoms with Gasteiger partial charge in [-0.25, -0.2) is 0 Å². The number of hydrogen-bond donors (Lipinski definition) is 1. The van der Waals surface area contributed by atoms with Crippen molar-refractivity contribution in [3.05, 3.63) is 54.1 Å². The maximum atomic E-state index is 6.40. The average molecular weight is 438 g/mol. The first-order valence-electron chi connectivity index (χ1n) is 6.52. The van der Waals surface area contributed by atoms with Crippen molar-refractivity contribution in [2.45, 2.75) is 25.8 Å². The van der Waals surface area contributed by atoms with Gasteiger partial charge in [0.1, 0.15) is 0 Å². The van der Waals surface area contributed by atoms with Crippen LogP contribution in [-0.4, -0.2) is 6.54 Å². The molecule has 0 fully saturated rings. The standard InChI is InChI=1S/C15H16Br2ClNS/c1-2-6-19-14(9-15-12(17)5-7-20-15)11-4-3-10(16)8-13(11)18/h3-5,7-8,14,19H,2,6,9H2,1H3. The Balaban J connectivity index is 2.24. The molecule has 0 aliphatic heterocycles. The molecule has 5 heteroatoms. The molecule has 2 aromatic rings. The van der Waals surface area contributed by atoms with Gasteiger partial charge < -0.3 is 5.32 Å². The summed E-state index contributed by atoms with van der Waals surface area (Å²) < 4.78 is 2.19. The fourth-order valence-corrected chi connectivity index (χ4v) is 4.42. The molecule has 0 spiro atoms. The van der Waals surface area contributed by atoms with Crippen LogP contribution >= 0.6 is 54.8 Å². The molecule has 1 heterocycles. The zero-order chi connectivity index (χ0) is 14.5. The van der Waals surface area contributed by atoms with Crippen LogP contribution in [0.25, 0.3) is 0 Å². The number of rotatable bonds is 6. The third kappa shape index (κ3) is 4.31. The molecule has 20 heavy (non-hydrogen) atoms. The fourth-order valence-electron chi connectivity index (χ4n) is 2.05. The second-order valence-electron chi connectivity index (χ2n) is 4.57. The lowest BCUT2D eigenvalue weighted by molar-refractivity contribution is 0.532. The van der Waals surface area contributed by atoms with E-state index in [4.69, 9.17) is 11.6 Å². The fraction of sp³-hybridized carbons (Fsp3) is 0.333. The summed E-state index contributed by atoms with van der Waals surface area (Å²) >= 11 is 15.2. The molecule has 1 aromatic heterocycles. The molecule has 0 aliphatic rings. The van der Waals surface area contributed by atoms with E-state index >= 15 is 0 Å². The zero-order valence-electron chi connectivity index (χ0n) is 11.1. The van der Waals surface area contributed by atoms with Crippen LogP contribution in [0.4, 0.5) is 0 Å². The van der Waals surface area contributed by atoms with Crippen LogP contribution in [0.1, 0.15) is 29.8 Å². The van der Waals surface area contributed by atoms with Crippen molar-refractivity contribution >= 4 is 54.8 Å². The Morgan fingerprint density at radius 2 is 2.10 bits per heavy atom. The van der Waals surface area contributed by atoms with Crippen LogP contribution in [0.15, 0.2) is 38.6 Å². The zero-order valence-corrected chi connectivity index (χ0v) is 15.9. The molecule has 0 saturated carbocycles. The Morgan fingerprint density at radius 3 is 2.70 bits per heavy atom. The lowest BCUT2D eigenvalue weighted by Crippen LogP contribution is -2.24. The molecule has 0 bridgehead atoms. The molecule has 0 radical (unpaired) electrons. The van der Waals surface area contributed by atoms with Gasteiger partial charge in [0.15, 0.2) is 0 Å². The number of benzene rings is 1. The van der Waals surface area contributed by atoms with E-state index in [1.807, 2.05) is 12.1 Å². The molecule has 2 rings (SSSR count). The largest absolute Gasteiger partial charge is 0.310 e. The second kappa shape index (κ2) is 7.95. The summed E-state index contributed by atoms with van der Waals surface area (Å²) in [5, 5.41) is 6.51. The summed E-state index contributed by atoms with van der Waals surface area (Å²) in [7, 11) is 0. The van der Waals surface area contributed by atoms with Gasteiger partial charge in [-0.15, -0.1) is 11.3 Å². The first-order valence-corrected chi connectivity index (χ1v) is 9.36. The van der Waals surface area contributed by atoms with E-state index in [1.54, 1.807) is 11.3 Å². The van der Waals surface area contributed by atoms with E-state index in [2.05, 4.69) is 61.6 Å². The van der Waals surface area contributed by atoms with Crippen LogP contribution in [0.5, 0.6) is 0 Å². The van der Waals surface area contributed by atoms with Crippen LogP contribution < -0.4 is 5.32 Å². The maximum Gasteiger partial charge on any atom is 0.0465 e. The van der Waals surface area contributed by atoms with E-state index in [0.717, 1.165) is 34.4 Å². The van der Waals surface area contributed by atoms with E-state index in [1.165, 1.54) is 9.35 Å². The Labute approximate surface area is 146 Å². The van der Waals surface area contributed by atoms with Crippen molar-refractivity contribution in [1.29, 1.82) is 0 Å². The van der Waals surface area contributed by atoms with Crippen LogP contribution in [0, 0.1) is 0 Å². The molecular formula is C15H16Br2ClNS. The topological polar surface area (TPSA) is 12.0 Å². The Kier molecular flexibility index (Phi) is 6.56. The van der Waals surface area contributed by atoms with Gasteiger partial charge >= 0.3 is 0 Å². The summed E-state index contributed by atoms with van der Waals surface area (Å²) in [5.41, 5.74) is 1.16. The van der Waals surface area contributed by atoms with Crippen molar-refractivity contribution < 1.29 is 0 Å². The van der Waals surface area contributed by atoms with E-state index < -0.39 is 0 Å². The predicted molar refractivity (Wildman–Crippen MR) is 95.9 cm³/mol. The second-order valence-corrected chi connectivity index (χ2v) is 7.75. The summed E-state index contributed by atoms with van der Waals surface area (Å²) in [4.78, 5) is 1.34.